The fourth-order valence-corrected chi connectivity index (χ4v) is 5.53. The van der Waals surface area contributed by atoms with E-state index in [0.29, 0.717) is 12.1 Å². The number of amides is 2. The monoisotopic (exact) mass is 399 g/mol. The number of thiophene rings is 1. The van der Waals surface area contributed by atoms with Gasteiger partial charge in [0.2, 0.25) is 17.4 Å². The van der Waals surface area contributed by atoms with E-state index >= 15 is 0 Å². The Labute approximate surface area is 167 Å². The number of carbonyl (C=O) groups excluding carboxylic acids is 3. The molecule has 0 saturated carbocycles. The first-order valence-corrected chi connectivity index (χ1v) is 10.4. The number of fused-ring (bicyclic) bond motifs is 1. The molecule has 2 saturated heterocycles. The molecule has 0 radical (unpaired) electrons. The van der Waals surface area contributed by atoms with Crippen LogP contribution in [-0.2, 0) is 24.7 Å². The fourth-order valence-electron chi connectivity index (χ4n) is 4.69. The number of esters is 1. The molecule has 7 heteroatoms. The Hall–Kier alpha value is -2.51. The molecule has 0 unspecified atom stereocenters. The topological polar surface area (TPSA) is 80.3 Å². The molecule has 2 fully saturated rings. The predicted octanol–water partition coefficient (Wildman–Crippen LogP) is 1.45. The maximum Gasteiger partial charge on any atom is 0.373 e. The standard InChI is InChI=1S/C21H22N2O4S/c1-3-23-18(24)15-16(19(23)25)21(20(26)27-4-2,13-9-6-5-7-10-13)22-17(15)14-11-8-12-28-14/h5-12,15-17,22H,3-4H2,1-2H3/p+1/t15-,16+,17+,21-/m1/s1. The van der Waals surface area contributed by atoms with Gasteiger partial charge in [-0.3, -0.25) is 14.5 Å². The zero-order valence-electron chi connectivity index (χ0n) is 15.8. The molecule has 2 aliphatic heterocycles. The minimum absolute atomic E-state index is 0.200. The second-order valence-corrected chi connectivity index (χ2v) is 8.07. The Kier molecular flexibility index (Phi) is 4.81. The van der Waals surface area contributed by atoms with Crippen molar-refractivity contribution in [3.8, 4) is 0 Å². The first-order valence-electron chi connectivity index (χ1n) is 9.53. The van der Waals surface area contributed by atoms with Crippen LogP contribution in [0.2, 0.25) is 0 Å². The quantitative estimate of drug-likeness (QED) is 0.610. The van der Waals surface area contributed by atoms with Crippen molar-refractivity contribution in [2.75, 3.05) is 13.2 Å². The number of carbonyl (C=O) groups is 3. The highest BCUT2D eigenvalue weighted by molar-refractivity contribution is 7.10. The van der Waals surface area contributed by atoms with Gasteiger partial charge in [-0.15, -0.1) is 11.3 Å². The van der Waals surface area contributed by atoms with Gasteiger partial charge in [0.05, 0.1) is 11.5 Å². The van der Waals surface area contributed by atoms with E-state index in [1.54, 1.807) is 13.8 Å². The van der Waals surface area contributed by atoms with Crippen molar-refractivity contribution in [1.29, 1.82) is 0 Å². The molecule has 2 amide bonds. The summed E-state index contributed by atoms with van der Waals surface area (Å²) in [4.78, 5) is 42.1. The van der Waals surface area contributed by atoms with Crippen molar-refractivity contribution in [3.05, 3.63) is 58.3 Å². The molecule has 146 valence electrons. The molecule has 28 heavy (non-hydrogen) atoms. The van der Waals surface area contributed by atoms with Gasteiger partial charge in [0.15, 0.2) is 0 Å². The van der Waals surface area contributed by atoms with Crippen LogP contribution in [-0.4, -0.2) is 35.8 Å². The van der Waals surface area contributed by atoms with Crippen molar-refractivity contribution < 1.29 is 24.4 Å². The highest BCUT2D eigenvalue weighted by Crippen LogP contribution is 2.49. The molecule has 4 rings (SSSR count). The van der Waals surface area contributed by atoms with E-state index in [1.165, 1.54) is 16.2 Å². The summed E-state index contributed by atoms with van der Waals surface area (Å²) in [5, 5.41) is 3.84. The summed E-state index contributed by atoms with van der Waals surface area (Å²) in [6.07, 6.45) is 0. The number of hydrogen-bond acceptors (Lipinski definition) is 5. The van der Waals surface area contributed by atoms with Crippen LogP contribution in [0.3, 0.4) is 0 Å². The number of likely N-dealkylation sites (tertiary alicyclic amines) is 1. The summed E-state index contributed by atoms with van der Waals surface area (Å²) in [6, 6.07) is 12.8. The maximum atomic E-state index is 13.3. The Morgan fingerprint density at radius 1 is 1.14 bits per heavy atom. The lowest BCUT2D eigenvalue weighted by molar-refractivity contribution is -0.742. The van der Waals surface area contributed by atoms with Crippen LogP contribution in [0.4, 0.5) is 0 Å². The average Bonchev–Trinajstić information content (AvgIpc) is 3.40. The SMILES string of the molecule is CCOC(=O)[C@]1(c2ccccc2)[NH2+][C@@H](c2cccs2)[C@@H]2C(=O)N(CC)C(=O)[C@H]21. The zero-order chi connectivity index (χ0) is 19.9. The molecule has 4 atom stereocenters. The van der Waals surface area contributed by atoms with E-state index in [1.807, 2.05) is 53.2 Å². The third kappa shape index (κ3) is 2.53. The Bertz CT molecular complexity index is 898. The van der Waals surface area contributed by atoms with E-state index < -0.39 is 23.3 Å². The number of imide groups is 1. The Morgan fingerprint density at radius 3 is 2.50 bits per heavy atom. The van der Waals surface area contributed by atoms with Gasteiger partial charge in [-0.1, -0.05) is 36.4 Å². The molecule has 3 heterocycles. The van der Waals surface area contributed by atoms with Crippen LogP contribution in [0.5, 0.6) is 0 Å². The summed E-state index contributed by atoms with van der Waals surface area (Å²) in [5.41, 5.74) is -0.575. The van der Waals surface area contributed by atoms with Crippen LogP contribution in [0.1, 0.15) is 30.3 Å². The summed E-state index contributed by atoms with van der Waals surface area (Å²) in [6.45, 7) is 4.05. The van der Waals surface area contributed by atoms with Gasteiger partial charge in [-0.2, -0.15) is 0 Å². The van der Waals surface area contributed by atoms with Crippen molar-refractivity contribution >= 4 is 29.1 Å². The summed E-state index contributed by atoms with van der Waals surface area (Å²) < 4.78 is 5.46. The lowest BCUT2D eigenvalue weighted by Gasteiger charge is -2.29. The number of ether oxygens (including phenoxy) is 1. The van der Waals surface area contributed by atoms with Crippen molar-refractivity contribution in [3.63, 3.8) is 0 Å². The van der Waals surface area contributed by atoms with Gasteiger partial charge in [0.1, 0.15) is 17.9 Å². The van der Waals surface area contributed by atoms with Gasteiger partial charge in [0, 0.05) is 12.1 Å². The molecule has 0 bridgehead atoms. The minimum atomic E-state index is -1.27. The molecule has 0 spiro atoms. The minimum Gasteiger partial charge on any atom is -0.461 e. The largest absolute Gasteiger partial charge is 0.461 e. The second-order valence-electron chi connectivity index (χ2n) is 7.09. The van der Waals surface area contributed by atoms with Crippen molar-refractivity contribution in [2.24, 2.45) is 11.8 Å². The molecule has 2 N–H and O–H groups in total. The molecule has 1 aromatic carbocycles. The number of benzene rings is 1. The van der Waals surface area contributed by atoms with Gasteiger partial charge < -0.3 is 10.1 Å². The summed E-state index contributed by atoms with van der Waals surface area (Å²) >= 11 is 1.54. The van der Waals surface area contributed by atoms with Crippen LogP contribution in [0, 0.1) is 11.8 Å². The molecule has 0 aliphatic carbocycles. The third-order valence-electron chi connectivity index (χ3n) is 5.81. The Balaban J connectivity index is 1.93. The van der Waals surface area contributed by atoms with E-state index in [0.717, 1.165) is 4.88 Å². The van der Waals surface area contributed by atoms with Gasteiger partial charge in [0.25, 0.3) is 0 Å². The highest BCUT2D eigenvalue weighted by Gasteiger charge is 2.73. The summed E-state index contributed by atoms with van der Waals surface area (Å²) in [5.74, 6) is -2.32. The lowest BCUT2D eigenvalue weighted by atomic mass is 9.75. The van der Waals surface area contributed by atoms with E-state index in [4.69, 9.17) is 4.74 Å². The molecular formula is C21H23N2O4S+. The lowest BCUT2D eigenvalue weighted by Crippen LogP contribution is -2.96. The van der Waals surface area contributed by atoms with E-state index in [2.05, 4.69) is 0 Å². The van der Waals surface area contributed by atoms with Gasteiger partial charge >= 0.3 is 5.97 Å². The zero-order valence-corrected chi connectivity index (χ0v) is 16.6. The maximum absolute atomic E-state index is 13.3. The normalized spacial score (nSPS) is 29.2. The van der Waals surface area contributed by atoms with Crippen molar-refractivity contribution in [1.82, 2.24) is 4.90 Å². The molecular weight excluding hydrogens is 376 g/mol. The molecule has 2 aliphatic rings. The highest BCUT2D eigenvalue weighted by atomic mass is 32.1. The van der Waals surface area contributed by atoms with Gasteiger partial charge in [-0.25, -0.2) is 4.79 Å². The number of rotatable bonds is 5. The fraction of sp³-hybridized carbons (Fsp3) is 0.381. The third-order valence-corrected chi connectivity index (χ3v) is 6.79. The molecule has 2 aromatic rings. The predicted molar refractivity (Wildman–Crippen MR) is 103 cm³/mol. The first kappa shape index (κ1) is 18.8. The number of quaternary nitrogens is 1. The summed E-state index contributed by atoms with van der Waals surface area (Å²) in [7, 11) is 0. The van der Waals surface area contributed by atoms with Crippen LogP contribution in [0.15, 0.2) is 47.8 Å². The van der Waals surface area contributed by atoms with Crippen molar-refractivity contribution in [2.45, 2.75) is 25.4 Å². The van der Waals surface area contributed by atoms with Crippen LogP contribution < -0.4 is 5.32 Å². The average molecular weight is 399 g/mol. The van der Waals surface area contributed by atoms with Gasteiger partial charge in [-0.05, 0) is 25.3 Å². The second kappa shape index (κ2) is 7.14. The molecule has 1 aromatic heterocycles. The molecule has 6 nitrogen and oxygen atoms in total. The van der Waals surface area contributed by atoms with E-state index in [-0.39, 0.29) is 24.5 Å². The first-order chi connectivity index (χ1) is 13.6. The van der Waals surface area contributed by atoms with Crippen LogP contribution in [0.25, 0.3) is 0 Å². The van der Waals surface area contributed by atoms with Crippen LogP contribution >= 0.6 is 11.3 Å². The van der Waals surface area contributed by atoms with E-state index in [9.17, 15) is 14.4 Å². The number of nitrogens with zero attached hydrogens (tertiary/aromatic N) is 1. The smallest absolute Gasteiger partial charge is 0.373 e. The number of hydrogen-bond donors (Lipinski definition) is 1. The Morgan fingerprint density at radius 2 is 1.89 bits per heavy atom. The number of nitrogens with two attached hydrogens (primary N) is 1.